The summed E-state index contributed by atoms with van der Waals surface area (Å²) in [4.78, 5) is 0. The second-order valence-corrected chi connectivity index (χ2v) is 2.88. The quantitative estimate of drug-likeness (QED) is 0.597. The van der Waals surface area contributed by atoms with Gasteiger partial charge in [0.2, 0.25) is 0 Å². The van der Waals surface area contributed by atoms with Crippen molar-refractivity contribution in [1.29, 1.82) is 0 Å². The molecule has 3 N–H and O–H groups in total. The molecule has 1 unspecified atom stereocenters. The highest BCUT2D eigenvalue weighted by Gasteiger charge is 2.09. The molecule has 0 aliphatic rings. The van der Waals surface area contributed by atoms with Gasteiger partial charge in [-0.25, -0.2) is 8.78 Å². The van der Waals surface area contributed by atoms with Gasteiger partial charge in [0.15, 0.2) is 0 Å². The van der Waals surface area contributed by atoms with E-state index in [-0.39, 0.29) is 12.6 Å². The van der Waals surface area contributed by atoms with Crippen LogP contribution in [0.4, 0.5) is 8.78 Å². The van der Waals surface area contributed by atoms with Gasteiger partial charge >= 0.3 is 0 Å². The van der Waals surface area contributed by atoms with Crippen LogP contribution in [-0.2, 0) is 4.74 Å². The highest BCUT2D eigenvalue weighted by atomic mass is 19.3. The highest BCUT2D eigenvalue weighted by Crippen LogP contribution is 1.98. The predicted octanol–water partition coefficient (Wildman–Crippen LogP) is 0.595. The van der Waals surface area contributed by atoms with Gasteiger partial charge in [-0.15, -0.1) is 0 Å². The maximum Gasteiger partial charge on any atom is 0.250 e. The Morgan fingerprint density at radius 3 is 2.62 bits per heavy atom. The third-order valence-electron chi connectivity index (χ3n) is 1.69. The summed E-state index contributed by atoms with van der Waals surface area (Å²) in [6.45, 7) is 0.752. The predicted molar refractivity (Wildman–Crippen MR) is 48.0 cm³/mol. The van der Waals surface area contributed by atoms with Gasteiger partial charge in [0.1, 0.15) is 0 Å². The minimum absolute atomic E-state index is 0.0115. The zero-order valence-electron chi connectivity index (χ0n) is 7.93. The smallest absolute Gasteiger partial charge is 0.250 e. The van der Waals surface area contributed by atoms with Gasteiger partial charge in [-0.1, -0.05) is 0 Å². The monoisotopic (exact) mass is 196 g/mol. The summed E-state index contributed by atoms with van der Waals surface area (Å²) < 4.78 is 28.5. The van der Waals surface area contributed by atoms with Gasteiger partial charge in [-0.2, -0.15) is 0 Å². The molecule has 0 saturated carbocycles. The van der Waals surface area contributed by atoms with Gasteiger partial charge < -0.3 is 15.8 Å². The van der Waals surface area contributed by atoms with E-state index >= 15 is 0 Å². The summed E-state index contributed by atoms with van der Waals surface area (Å²) in [6, 6.07) is -0.0115. The van der Waals surface area contributed by atoms with Crippen LogP contribution >= 0.6 is 0 Å². The normalized spacial score (nSPS) is 13.6. The first-order valence-electron chi connectivity index (χ1n) is 4.41. The third-order valence-corrected chi connectivity index (χ3v) is 1.69. The number of ether oxygens (including phenoxy) is 1. The molecule has 80 valence electrons. The van der Waals surface area contributed by atoms with Gasteiger partial charge in [-0.05, 0) is 19.4 Å². The molecule has 0 saturated heterocycles. The van der Waals surface area contributed by atoms with Crippen molar-refractivity contribution in [3.63, 3.8) is 0 Å². The zero-order valence-corrected chi connectivity index (χ0v) is 7.93. The first-order valence-corrected chi connectivity index (χ1v) is 4.41. The number of hydrogen-bond acceptors (Lipinski definition) is 3. The van der Waals surface area contributed by atoms with E-state index in [2.05, 4.69) is 5.32 Å². The average Bonchev–Trinajstić information content (AvgIpc) is 2.09. The van der Waals surface area contributed by atoms with E-state index in [4.69, 9.17) is 10.5 Å². The number of nitrogens with two attached hydrogens (primary N) is 1. The molecule has 0 fully saturated rings. The Balaban J connectivity index is 3.53. The Morgan fingerprint density at radius 2 is 2.15 bits per heavy atom. The molecule has 0 amide bonds. The van der Waals surface area contributed by atoms with E-state index in [9.17, 15) is 8.78 Å². The molecule has 0 aliphatic carbocycles. The Kier molecular flexibility index (Phi) is 8.18. The average molecular weight is 196 g/mol. The molecule has 0 radical (unpaired) electrons. The van der Waals surface area contributed by atoms with Crippen LogP contribution in [0.2, 0.25) is 0 Å². The largest absolute Gasteiger partial charge is 0.383 e. The van der Waals surface area contributed by atoms with Crippen molar-refractivity contribution >= 4 is 0 Å². The minimum Gasteiger partial charge on any atom is -0.383 e. The molecule has 1 atom stereocenters. The van der Waals surface area contributed by atoms with Gasteiger partial charge in [0, 0.05) is 13.2 Å². The number of nitrogens with one attached hydrogen (secondary N) is 1. The lowest BCUT2D eigenvalue weighted by Crippen LogP contribution is -2.36. The van der Waals surface area contributed by atoms with Crippen LogP contribution in [0.3, 0.4) is 0 Å². The van der Waals surface area contributed by atoms with Crippen LogP contribution in [0.5, 0.6) is 0 Å². The first kappa shape index (κ1) is 12.7. The molecule has 13 heavy (non-hydrogen) atoms. The summed E-state index contributed by atoms with van der Waals surface area (Å²) in [7, 11) is 1.56. The standard InChI is InChI=1S/C8H18F2N2O/c1-13-6-7(3-2-4-11)12-5-8(9)10/h7-8,12H,2-6,11H2,1H3. The van der Waals surface area contributed by atoms with E-state index < -0.39 is 6.43 Å². The van der Waals surface area contributed by atoms with Crippen LogP contribution in [-0.4, -0.2) is 39.3 Å². The van der Waals surface area contributed by atoms with Gasteiger partial charge in [0.25, 0.3) is 6.43 Å². The van der Waals surface area contributed by atoms with Crippen LogP contribution in [0.15, 0.2) is 0 Å². The van der Waals surface area contributed by atoms with Crippen molar-refractivity contribution in [2.24, 2.45) is 5.73 Å². The van der Waals surface area contributed by atoms with Gasteiger partial charge in [-0.3, -0.25) is 0 Å². The molecule has 5 heteroatoms. The maximum absolute atomic E-state index is 11.8. The molecule has 0 rings (SSSR count). The summed E-state index contributed by atoms with van der Waals surface area (Å²) in [5.74, 6) is 0. The zero-order chi connectivity index (χ0) is 10.1. The van der Waals surface area contributed by atoms with Crippen LogP contribution in [0, 0.1) is 0 Å². The van der Waals surface area contributed by atoms with Crippen molar-refractivity contribution in [2.75, 3.05) is 26.8 Å². The molecule has 0 aromatic rings. The number of hydrogen-bond donors (Lipinski definition) is 2. The molecule has 0 bridgehead atoms. The third kappa shape index (κ3) is 8.08. The summed E-state index contributed by atoms with van der Waals surface area (Å²) in [6.07, 6.45) is -0.710. The summed E-state index contributed by atoms with van der Waals surface area (Å²) in [5.41, 5.74) is 5.31. The molecule has 0 heterocycles. The molecular weight excluding hydrogens is 178 g/mol. The molecular formula is C8H18F2N2O. The Labute approximate surface area is 77.6 Å². The summed E-state index contributed by atoms with van der Waals surface area (Å²) in [5, 5.41) is 2.72. The lowest BCUT2D eigenvalue weighted by Gasteiger charge is -2.16. The Hall–Kier alpha value is -0.260. The lowest BCUT2D eigenvalue weighted by molar-refractivity contribution is 0.119. The Bertz CT molecular complexity index is 114. The number of methoxy groups -OCH3 is 1. The van der Waals surface area contributed by atoms with Gasteiger partial charge in [0.05, 0.1) is 13.2 Å². The van der Waals surface area contributed by atoms with Crippen molar-refractivity contribution in [1.82, 2.24) is 5.32 Å². The van der Waals surface area contributed by atoms with E-state index in [1.54, 1.807) is 7.11 Å². The van der Waals surface area contributed by atoms with Crippen molar-refractivity contribution in [3.8, 4) is 0 Å². The van der Waals surface area contributed by atoms with Crippen LogP contribution in [0.1, 0.15) is 12.8 Å². The van der Waals surface area contributed by atoms with Crippen LogP contribution in [0.25, 0.3) is 0 Å². The molecule has 0 spiro atoms. The van der Waals surface area contributed by atoms with E-state index in [0.717, 1.165) is 12.8 Å². The Morgan fingerprint density at radius 1 is 1.46 bits per heavy atom. The van der Waals surface area contributed by atoms with Crippen molar-refractivity contribution < 1.29 is 13.5 Å². The fourth-order valence-electron chi connectivity index (χ4n) is 1.07. The second-order valence-electron chi connectivity index (χ2n) is 2.88. The fraction of sp³-hybridized carbons (Fsp3) is 1.00. The van der Waals surface area contributed by atoms with Crippen LogP contribution < -0.4 is 11.1 Å². The minimum atomic E-state index is -2.31. The molecule has 0 aromatic heterocycles. The number of alkyl halides is 2. The van der Waals surface area contributed by atoms with E-state index in [0.29, 0.717) is 13.2 Å². The van der Waals surface area contributed by atoms with E-state index in [1.165, 1.54) is 0 Å². The summed E-state index contributed by atoms with van der Waals surface area (Å²) >= 11 is 0. The number of halogens is 2. The number of rotatable bonds is 8. The SMILES string of the molecule is COCC(CCCN)NCC(F)F. The van der Waals surface area contributed by atoms with E-state index in [1.807, 2.05) is 0 Å². The lowest BCUT2D eigenvalue weighted by atomic mass is 10.1. The molecule has 0 aliphatic heterocycles. The van der Waals surface area contributed by atoms with Crippen molar-refractivity contribution in [2.45, 2.75) is 25.3 Å². The second kappa shape index (κ2) is 8.34. The maximum atomic E-state index is 11.8. The fourth-order valence-corrected chi connectivity index (χ4v) is 1.07. The molecule has 0 aromatic carbocycles. The molecule has 3 nitrogen and oxygen atoms in total. The highest BCUT2D eigenvalue weighted by molar-refractivity contribution is 4.66. The first-order chi connectivity index (χ1) is 6.20. The van der Waals surface area contributed by atoms with Crippen molar-refractivity contribution in [3.05, 3.63) is 0 Å². The topological polar surface area (TPSA) is 47.3 Å².